The van der Waals surface area contributed by atoms with Gasteiger partial charge in [0.25, 0.3) is 5.91 Å². The van der Waals surface area contributed by atoms with Crippen molar-refractivity contribution in [2.45, 2.75) is 25.7 Å². The number of sulfone groups is 1. The van der Waals surface area contributed by atoms with E-state index in [-0.39, 0.29) is 21.4 Å². The molecule has 0 atom stereocenters. The van der Waals surface area contributed by atoms with Crippen molar-refractivity contribution in [3.63, 3.8) is 0 Å². The van der Waals surface area contributed by atoms with E-state index >= 15 is 0 Å². The van der Waals surface area contributed by atoms with E-state index in [1.807, 2.05) is 32.9 Å². The highest BCUT2D eigenvalue weighted by Gasteiger charge is 2.17. The van der Waals surface area contributed by atoms with Crippen LogP contribution < -0.4 is 5.32 Å². The maximum absolute atomic E-state index is 12.4. The van der Waals surface area contributed by atoms with Crippen LogP contribution in [0.5, 0.6) is 0 Å². The molecule has 23 heavy (non-hydrogen) atoms. The Morgan fingerprint density at radius 2 is 1.61 bits per heavy atom. The van der Waals surface area contributed by atoms with Gasteiger partial charge in [-0.25, -0.2) is 8.42 Å². The van der Waals surface area contributed by atoms with Gasteiger partial charge in [-0.3, -0.25) is 4.79 Å². The Morgan fingerprint density at radius 3 is 2.13 bits per heavy atom. The largest absolute Gasteiger partial charge is 0.322 e. The first-order valence-electron chi connectivity index (χ1n) is 6.98. The lowest BCUT2D eigenvalue weighted by atomic mass is 10.0. The third-order valence-electron chi connectivity index (χ3n) is 3.51. The Bertz CT molecular complexity index is 866. The topological polar surface area (TPSA) is 63.2 Å². The van der Waals surface area contributed by atoms with Gasteiger partial charge in [-0.05, 0) is 50.1 Å². The molecule has 0 aromatic heterocycles. The van der Waals surface area contributed by atoms with Gasteiger partial charge in [-0.15, -0.1) is 0 Å². The molecule has 122 valence electrons. The first-order valence-corrected chi connectivity index (χ1v) is 9.25. The molecule has 1 amide bonds. The van der Waals surface area contributed by atoms with Gasteiger partial charge < -0.3 is 5.32 Å². The standard InChI is InChI=1S/C17H18ClNO3S/c1-10-7-11(2)16(12(3)8-10)19-17(20)13-5-6-14(18)15(9-13)23(4,21)22/h5-9H,1-4H3,(H,19,20). The summed E-state index contributed by atoms with van der Waals surface area (Å²) in [5.41, 5.74) is 4.00. The fourth-order valence-corrected chi connectivity index (χ4v) is 3.79. The molecule has 2 rings (SSSR count). The van der Waals surface area contributed by atoms with Crippen LogP contribution in [0.4, 0.5) is 5.69 Å². The highest BCUT2D eigenvalue weighted by atomic mass is 35.5. The lowest BCUT2D eigenvalue weighted by Gasteiger charge is -2.13. The van der Waals surface area contributed by atoms with Gasteiger partial charge in [0.2, 0.25) is 0 Å². The Kier molecular flexibility index (Phi) is 4.82. The predicted molar refractivity (Wildman–Crippen MR) is 93.2 cm³/mol. The minimum atomic E-state index is -3.50. The van der Waals surface area contributed by atoms with Crippen molar-refractivity contribution in [2.24, 2.45) is 0 Å². The fraction of sp³-hybridized carbons (Fsp3) is 0.235. The Balaban J connectivity index is 2.40. The molecule has 0 aliphatic rings. The normalized spacial score (nSPS) is 11.3. The summed E-state index contributed by atoms with van der Waals surface area (Å²) in [5.74, 6) is -0.374. The molecule has 6 heteroatoms. The summed E-state index contributed by atoms with van der Waals surface area (Å²) in [7, 11) is -3.50. The summed E-state index contributed by atoms with van der Waals surface area (Å²) in [6.07, 6.45) is 1.06. The Labute approximate surface area is 141 Å². The number of aryl methyl sites for hydroxylation is 3. The van der Waals surface area contributed by atoms with Gasteiger partial charge in [0.15, 0.2) is 9.84 Å². The summed E-state index contributed by atoms with van der Waals surface area (Å²) in [6, 6.07) is 8.18. The minimum absolute atomic E-state index is 0.0517. The van der Waals surface area contributed by atoms with E-state index in [0.717, 1.165) is 28.6 Å². The number of nitrogens with one attached hydrogen (secondary N) is 1. The van der Waals surface area contributed by atoms with Crippen LogP contribution in [0.3, 0.4) is 0 Å². The van der Waals surface area contributed by atoms with Crippen LogP contribution in [0.25, 0.3) is 0 Å². The number of benzene rings is 2. The molecular formula is C17H18ClNO3S. The molecule has 4 nitrogen and oxygen atoms in total. The molecule has 0 unspecified atom stereocenters. The molecule has 0 aliphatic heterocycles. The van der Waals surface area contributed by atoms with Crippen LogP contribution >= 0.6 is 11.6 Å². The summed E-state index contributed by atoms with van der Waals surface area (Å²) in [4.78, 5) is 12.4. The Hall–Kier alpha value is -1.85. The van der Waals surface area contributed by atoms with E-state index in [2.05, 4.69) is 5.32 Å². The zero-order chi connectivity index (χ0) is 17.4. The van der Waals surface area contributed by atoms with E-state index in [0.29, 0.717) is 0 Å². The van der Waals surface area contributed by atoms with Crippen molar-refractivity contribution in [1.82, 2.24) is 0 Å². The van der Waals surface area contributed by atoms with Crippen LogP contribution in [-0.2, 0) is 9.84 Å². The number of halogens is 1. The van der Waals surface area contributed by atoms with Crippen molar-refractivity contribution in [1.29, 1.82) is 0 Å². The number of anilines is 1. The van der Waals surface area contributed by atoms with Crippen molar-refractivity contribution in [2.75, 3.05) is 11.6 Å². The van der Waals surface area contributed by atoms with Crippen LogP contribution in [0, 0.1) is 20.8 Å². The first kappa shape index (κ1) is 17.5. The van der Waals surface area contributed by atoms with E-state index in [9.17, 15) is 13.2 Å². The average Bonchev–Trinajstić information content (AvgIpc) is 2.41. The molecule has 0 saturated heterocycles. The molecule has 0 aliphatic carbocycles. The van der Waals surface area contributed by atoms with E-state index in [4.69, 9.17) is 11.6 Å². The molecule has 0 heterocycles. The number of hydrogen-bond donors (Lipinski definition) is 1. The number of rotatable bonds is 3. The van der Waals surface area contributed by atoms with E-state index < -0.39 is 9.84 Å². The molecule has 1 N–H and O–H groups in total. The lowest BCUT2D eigenvalue weighted by Crippen LogP contribution is -2.14. The number of hydrogen-bond acceptors (Lipinski definition) is 3. The molecule has 0 fully saturated rings. The van der Waals surface area contributed by atoms with Gasteiger partial charge in [0.05, 0.1) is 9.92 Å². The van der Waals surface area contributed by atoms with Gasteiger partial charge in [0, 0.05) is 17.5 Å². The molecule has 0 saturated carbocycles. The first-order chi connectivity index (χ1) is 10.6. The van der Waals surface area contributed by atoms with Gasteiger partial charge >= 0.3 is 0 Å². The molecule has 2 aromatic carbocycles. The summed E-state index contributed by atoms with van der Waals surface area (Å²) in [5, 5.41) is 2.95. The molecule has 0 bridgehead atoms. The smallest absolute Gasteiger partial charge is 0.255 e. The maximum Gasteiger partial charge on any atom is 0.255 e. The quantitative estimate of drug-likeness (QED) is 0.911. The summed E-state index contributed by atoms with van der Waals surface area (Å²) >= 11 is 5.90. The van der Waals surface area contributed by atoms with Gasteiger partial charge in [-0.1, -0.05) is 29.3 Å². The third kappa shape index (κ3) is 3.92. The van der Waals surface area contributed by atoms with Gasteiger partial charge in [-0.2, -0.15) is 0 Å². The minimum Gasteiger partial charge on any atom is -0.322 e. The van der Waals surface area contributed by atoms with Crippen LogP contribution in [0.1, 0.15) is 27.0 Å². The monoisotopic (exact) mass is 351 g/mol. The SMILES string of the molecule is Cc1cc(C)c(NC(=O)c2ccc(Cl)c(S(C)(=O)=O)c2)c(C)c1. The van der Waals surface area contributed by atoms with Crippen molar-refractivity contribution >= 4 is 33.0 Å². The third-order valence-corrected chi connectivity index (χ3v) is 5.09. The lowest BCUT2D eigenvalue weighted by molar-refractivity contribution is 0.102. The second-order valence-corrected chi connectivity index (χ2v) is 8.04. The van der Waals surface area contributed by atoms with Crippen LogP contribution in [0.15, 0.2) is 35.2 Å². The highest BCUT2D eigenvalue weighted by molar-refractivity contribution is 7.90. The fourth-order valence-electron chi connectivity index (χ4n) is 2.49. The molecule has 2 aromatic rings. The van der Waals surface area contributed by atoms with Crippen LogP contribution in [0.2, 0.25) is 5.02 Å². The van der Waals surface area contributed by atoms with Crippen molar-refractivity contribution in [3.05, 3.63) is 57.6 Å². The summed E-state index contributed by atoms with van der Waals surface area (Å²) in [6.45, 7) is 5.82. The maximum atomic E-state index is 12.4. The predicted octanol–water partition coefficient (Wildman–Crippen LogP) is 3.92. The Morgan fingerprint density at radius 1 is 1.04 bits per heavy atom. The zero-order valence-corrected chi connectivity index (χ0v) is 15.0. The molecule has 0 radical (unpaired) electrons. The number of carbonyl (C=O) groups excluding carboxylic acids is 1. The van der Waals surface area contributed by atoms with Gasteiger partial charge in [0.1, 0.15) is 0 Å². The average molecular weight is 352 g/mol. The second-order valence-electron chi connectivity index (χ2n) is 5.65. The second kappa shape index (κ2) is 6.34. The number of amides is 1. The highest BCUT2D eigenvalue weighted by Crippen LogP contribution is 2.25. The zero-order valence-electron chi connectivity index (χ0n) is 13.4. The molecule has 0 spiro atoms. The van der Waals surface area contributed by atoms with E-state index in [1.54, 1.807) is 0 Å². The van der Waals surface area contributed by atoms with E-state index in [1.165, 1.54) is 18.2 Å². The van der Waals surface area contributed by atoms with Crippen molar-refractivity contribution in [3.8, 4) is 0 Å². The number of carbonyl (C=O) groups is 1. The molecular weight excluding hydrogens is 334 g/mol. The van der Waals surface area contributed by atoms with Crippen molar-refractivity contribution < 1.29 is 13.2 Å². The van der Waals surface area contributed by atoms with Crippen LogP contribution in [-0.4, -0.2) is 20.6 Å². The summed E-state index contributed by atoms with van der Waals surface area (Å²) < 4.78 is 23.4.